The van der Waals surface area contributed by atoms with E-state index < -0.39 is 0 Å². The van der Waals surface area contributed by atoms with Gasteiger partial charge in [-0.15, -0.1) is 5.10 Å². The summed E-state index contributed by atoms with van der Waals surface area (Å²) in [4.78, 5) is 4.26. The molecule has 0 fully saturated rings. The third-order valence-electron chi connectivity index (χ3n) is 2.33. The fourth-order valence-electron chi connectivity index (χ4n) is 1.55. The van der Waals surface area contributed by atoms with Crippen LogP contribution in [0.1, 0.15) is 31.9 Å². The molecular formula is C10H14N4. The lowest BCUT2D eigenvalue weighted by Gasteiger charge is -2.03. The number of hydrogen-bond acceptors (Lipinski definition) is 3. The van der Waals surface area contributed by atoms with E-state index in [0.717, 1.165) is 29.9 Å². The fourth-order valence-corrected chi connectivity index (χ4v) is 1.55. The Labute approximate surface area is 83.1 Å². The maximum atomic E-state index is 4.26. The van der Waals surface area contributed by atoms with E-state index >= 15 is 0 Å². The highest BCUT2D eigenvalue weighted by Crippen LogP contribution is 2.19. The van der Waals surface area contributed by atoms with Crippen LogP contribution in [0.5, 0.6) is 0 Å². The Morgan fingerprint density at radius 3 is 3.14 bits per heavy atom. The third-order valence-corrected chi connectivity index (χ3v) is 2.33. The van der Waals surface area contributed by atoms with Crippen LogP contribution in [0, 0.1) is 0 Å². The Kier molecular flexibility index (Phi) is 2.72. The zero-order valence-corrected chi connectivity index (χ0v) is 8.32. The van der Waals surface area contributed by atoms with Crippen molar-refractivity contribution in [2.45, 2.75) is 32.6 Å². The van der Waals surface area contributed by atoms with E-state index in [1.807, 2.05) is 6.07 Å². The van der Waals surface area contributed by atoms with Crippen molar-refractivity contribution in [3.8, 4) is 11.4 Å². The van der Waals surface area contributed by atoms with Gasteiger partial charge in [0.1, 0.15) is 5.69 Å². The van der Waals surface area contributed by atoms with Crippen molar-refractivity contribution in [1.29, 1.82) is 0 Å². The van der Waals surface area contributed by atoms with Gasteiger partial charge < -0.3 is 0 Å². The summed E-state index contributed by atoms with van der Waals surface area (Å²) < 4.78 is 0. The SMILES string of the molecule is CCCCCc1nn[nH]c2ccnc1-2. The lowest BCUT2D eigenvalue weighted by Crippen LogP contribution is -2.00. The number of rotatable bonds is 4. The van der Waals surface area contributed by atoms with Gasteiger partial charge in [0, 0.05) is 6.20 Å². The molecule has 0 aromatic heterocycles. The monoisotopic (exact) mass is 190 g/mol. The lowest BCUT2D eigenvalue weighted by atomic mass is 10.1. The molecule has 0 aromatic rings. The standard InChI is InChI=1S/C10H14N4/c1-2-3-4-5-8-10-9(6-7-11-10)13-14-12-8/h6-7H,2-5H2,1H3,(H,12,13). The van der Waals surface area contributed by atoms with Gasteiger partial charge >= 0.3 is 0 Å². The molecule has 2 aliphatic rings. The smallest absolute Gasteiger partial charge is 0.111 e. The van der Waals surface area contributed by atoms with Crippen LogP contribution in [0.3, 0.4) is 0 Å². The lowest BCUT2D eigenvalue weighted by molar-refractivity contribution is 0.688. The molecule has 0 unspecified atom stereocenters. The summed E-state index contributed by atoms with van der Waals surface area (Å²) >= 11 is 0. The molecule has 4 heteroatoms. The van der Waals surface area contributed by atoms with Crippen molar-refractivity contribution in [1.82, 2.24) is 20.4 Å². The van der Waals surface area contributed by atoms with E-state index in [2.05, 4.69) is 27.3 Å². The Morgan fingerprint density at radius 2 is 2.29 bits per heavy atom. The maximum absolute atomic E-state index is 4.26. The summed E-state index contributed by atoms with van der Waals surface area (Å²) in [6.45, 7) is 2.20. The number of fused-ring (bicyclic) bond motifs is 1. The van der Waals surface area contributed by atoms with Gasteiger partial charge in [-0.1, -0.05) is 25.0 Å². The van der Waals surface area contributed by atoms with Gasteiger partial charge in [0.25, 0.3) is 0 Å². The predicted octanol–water partition coefficient (Wildman–Crippen LogP) is 2.04. The van der Waals surface area contributed by atoms with Crippen LogP contribution in [0.15, 0.2) is 12.3 Å². The van der Waals surface area contributed by atoms with Crippen molar-refractivity contribution >= 4 is 0 Å². The molecule has 0 amide bonds. The summed E-state index contributed by atoms with van der Waals surface area (Å²) in [6.07, 6.45) is 6.39. The number of hydrogen-bond donors (Lipinski definition) is 1. The summed E-state index contributed by atoms with van der Waals surface area (Å²) in [5, 5.41) is 10.8. The summed E-state index contributed by atoms with van der Waals surface area (Å²) in [7, 11) is 0. The minimum absolute atomic E-state index is 0.969. The molecule has 14 heavy (non-hydrogen) atoms. The van der Waals surface area contributed by atoms with Crippen LogP contribution in [0.25, 0.3) is 11.4 Å². The highest BCUT2D eigenvalue weighted by atomic mass is 15.3. The molecule has 0 aromatic carbocycles. The first-order valence-electron chi connectivity index (χ1n) is 5.06. The molecule has 4 nitrogen and oxygen atoms in total. The quantitative estimate of drug-likeness (QED) is 0.750. The first-order valence-corrected chi connectivity index (χ1v) is 5.06. The average Bonchev–Trinajstić information content (AvgIpc) is 2.67. The second-order valence-corrected chi connectivity index (χ2v) is 3.42. The first-order chi connectivity index (χ1) is 6.92. The molecule has 0 bridgehead atoms. The number of nitrogens with zero attached hydrogens (tertiary/aromatic N) is 3. The zero-order valence-electron chi connectivity index (χ0n) is 8.32. The molecule has 2 heterocycles. The second-order valence-electron chi connectivity index (χ2n) is 3.42. The summed E-state index contributed by atoms with van der Waals surface area (Å²) in [6, 6.07) is 1.92. The molecule has 0 aliphatic carbocycles. The number of aromatic amines is 1. The summed E-state index contributed by atoms with van der Waals surface area (Å²) in [5.74, 6) is 0. The second kappa shape index (κ2) is 4.17. The third kappa shape index (κ3) is 1.73. The fraction of sp³-hybridized carbons (Fsp3) is 0.500. The minimum atomic E-state index is 0.969. The molecule has 2 rings (SSSR count). The largest absolute Gasteiger partial charge is 0.257 e. The molecule has 0 saturated carbocycles. The van der Waals surface area contributed by atoms with Crippen LogP contribution >= 0.6 is 0 Å². The van der Waals surface area contributed by atoms with Crippen molar-refractivity contribution < 1.29 is 0 Å². The Hall–Kier alpha value is -1.45. The number of aromatic nitrogens is 4. The topological polar surface area (TPSA) is 54.5 Å². The van der Waals surface area contributed by atoms with E-state index in [0.29, 0.717) is 0 Å². The van der Waals surface area contributed by atoms with Gasteiger partial charge in [-0.2, -0.15) is 0 Å². The van der Waals surface area contributed by atoms with E-state index in [1.165, 1.54) is 12.8 Å². The van der Waals surface area contributed by atoms with Crippen LogP contribution < -0.4 is 0 Å². The first kappa shape index (κ1) is 9.12. The van der Waals surface area contributed by atoms with Gasteiger partial charge in [0.05, 0.1) is 11.4 Å². The molecule has 0 spiro atoms. The van der Waals surface area contributed by atoms with Crippen LogP contribution in [0.2, 0.25) is 0 Å². The minimum Gasteiger partial charge on any atom is -0.257 e. The Balaban J connectivity index is 2.13. The predicted molar refractivity (Wildman–Crippen MR) is 54.0 cm³/mol. The van der Waals surface area contributed by atoms with Crippen molar-refractivity contribution in [3.63, 3.8) is 0 Å². The maximum Gasteiger partial charge on any atom is 0.111 e. The highest BCUT2D eigenvalue weighted by Gasteiger charge is 2.10. The van der Waals surface area contributed by atoms with Crippen LogP contribution in [-0.4, -0.2) is 20.4 Å². The normalized spacial score (nSPS) is 10.9. The molecule has 2 aliphatic heterocycles. The Bertz CT molecular complexity index is 368. The summed E-state index contributed by atoms with van der Waals surface area (Å²) in [5.41, 5.74) is 2.96. The van der Waals surface area contributed by atoms with Gasteiger partial charge in [-0.05, 0) is 18.9 Å². The van der Waals surface area contributed by atoms with Crippen molar-refractivity contribution in [3.05, 3.63) is 18.0 Å². The van der Waals surface area contributed by atoms with E-state index in [1.54, 1.807) is 6.20 Å². The molecule has 0 atom stereocenters. The zero-order chi connectivity index (χ0) is 9.80. The number of unbranched alkanes of at least 4 members (excludes halogenated alkanes) is 2. The van der Waals surface area contributed by atoms with Crippen molar-refractivity contribution in [2.75, 3.05) is 0 Å². The number of H-pyrrole nitrogens is 1. The average molecular weight is 190 g/mol. The molecule has 0 radical (unpaired) electrons. The molecule has 0 saturated heterocycles. The van der Waals surface area contributed by atoms with Crippen LogP contribution in [0.4, 0.5) is 0 Å². The van der Waals surface area contributed by atoms with Crippen LogP contribution in [-0.2, 0) is 6.42 Å². The van der Waals surface area contributed by atoms with E-state index in [-0.39, 0.29) is 0 Å². The molecular weight excluding hydrogens is 176 g/mol. The number of aryl methyl sites for hydroxylation is 1. The van der Waals surface area contributed by atoms with Gasteiger partial charge in [0.2, 0.25) is 0 Å². The van der Waals surface area contributed by atoms with Gasteiger partial charge in [-0.3, -0.25) is 10.1 Å². The highest BCUT2D eigenvalue weighted by molar-refractivity contribution is 5.57. The van der Waals surface area contributed by atoms with Crippen molar-refractivity contribution in [2.24, 2.45) is 0 Å². The van der Waals surface area contributed by atoms with E-state index in [4.69, 9.17) is 0 Å². The van der Waals surface area contributed by atoms with Gasteiger partial charge in [-0.25, -0.2) is 0 Å². The van der Waals surface area contributed by atoms with Gasteiger partial charge in [0.15, 0.2) is 0 Å². The molecule has 74 valence electrons. The Morgan fingerprint density at radius 1 is 1.36 bits per heavy atom. The van der Waals surface area contributed by atoms with E-state index in [9.17, 15) is 0 Å². The molecule has 1 N–H and O–H groups in total. The number of nitrogens with one attached hydrogen (secondary N) is 1.